The summed E-state index contributed by atoms with van der Waals surface area (Å²) in [5.74, 6) is -6.76. The number of phenolic OH excluding ortho intramolecular Hbond substituents is 1. The maximum Gasteiger partial charge on any atom is 0.257 e. The van der Waals surface area contributed by atoms with E-state index in [1.165, 1.54) is 13.2 Å². The number of likely N-dealkylation sites (tertiary alicyclic amines) is 1. The van der Waals surface area contributed by atoms with Crippen molar-refractivity contribution in [1.29, 1.82) is 0 Å². The number of methoxy groups -OCH3 is 1. The van der Waals surface area contributed by atoms with Crippen LogP contribution in [0, 0.1) is 17.8 Å². The molecule has 6 atom stereocenters. The van der Waals surface area contributed by atoms with Gasteiger partial charge in [-0.2, -0.15) is 5.06 Å². The van der Waals surface area contributed by atoms with Crippen LogP contribution in [-0.4, -0.2) is 66.2 Å². The molecule has 192 valence electrons. The van der Waals surface area contributed by atoms with E-state index in [9.17, 15) is 29.5 Å². The second-order valence-electron chi connectivity index (χ2n) is 9.12. The minimum atomic E-state index is -2.01. The number of rotatable bonds is 3. The van der Waals surface area contributed by atoms with E-state index in [1.54, 1.807) is 6.08 Å². The van der Waals surface area contributed by atoms with E-state index in [0.717, 1.165) is 4.90 Å². The van der Waals surface area contributed by atoms with Crippen LogP contribution in [0.3, 0.4) is 0 Å². The molecule has 2 aliphatic heterocycles. The summed E-state index contributed by atoms with van der Waals surface area (Å²) in [5.41, 5.74) is 0.764. The molecule has 36 heavy (non-hydrogen) atoms. The molecule has 0 bridgehead atoms. The predicted octanol–water partition coefficient (Wildman–Crippen LogP) is 4.03. The summed E-state index contributed by atoms with van der Waals surface area (Å²) in [4.78, 5) is 49.7. The number of carbonyl (C=O) groups excluding carboxylic acids is 4. The van der Waals surface area contributed by atoms with Crippen molar-refractivity contribution < 1.29 is 34.2 Å². The van der Waals surface area contributed by atoms with Crippen LogP contribution in [0.1, 0.15) is 24.3 Å². The number of carbonyl (C=O) groups is 4. The highest BCUT2D eigenvalue weighted by Crippen LogP contribution is 2.66. The molecule has 9 nitrogen and oxygen atoms in total. The molecule has 1 aromatic carbocycles. The van der Waals surface area contributed by atoms with Crippen LogP contribution in [0.25, 0.3) is 0 Å². The smallest absolute Gasteiger partial charge is 0.257 e. The highest BCUT2D eigenvalue weighted by Gasteiger charge is 2.76. The summed E-state index contributed by atoms with van der Waals surface area (Å²) in [6.07, 6.45) is 1.65. The molecule has 2 aliphatic carbocycles. The van der Waals surface area contributed by atoms with Crippen molar-refractivity contribution in [3.8, 4) is 11.5 Å². The Morgan fingerprint density at radius 1 is 1.11 bits per heavy atom. The summed E-state index contributed by atoms with van der Waals surface area (Å²) in [5, 5.41) is 20.7. The number of hydroxylamine groups is 2. The SMILES string of the molecule is COc1cc(C2C3=CCC4C(=O)N(O)C(=O)C4C3CC3(Cl)C(=O)N(CBr)C(=O)C23Cl)c(Br)c(Br)c1O. The number of amides is 4. The molecule has 2 saturated heterocycles. The Balaban J connectivity index is 1.81. The number of nitrogens with zero attached hydrogens (tertiary/aromatic N) is 2. The third kappa shape index (κ3) is 3.08. The van der Waals surface area contributed by atoms with Gasteiger partial charge in [-0.3, -0.25) is 29.3 Å². The van der Waals surface area contributed by atoms with Gasteiger partial charge in [-0.1, -0.05) is 27.6 Å². The Morgan fingerprint density at radius 3 is 2.39 bits per heavy atom. The number of aromatic hydroxyl groups is 1. The molecule has 0 aromatic heterocycles. The predicted molar refractivity (Wildman–Crippen MR) is 137 cm³/mol. The van der Waals surface area contributed by atoms with Crippen molar-refractivity contribution in [2.24, 2.45) is 17.8 Å². The first kappa shape index (κ1) is 26.4. The van der Waals surface area contributed by atoms with Gasteiger partial charge in [-0.05, 0) is 62.2 Å². The normalized spacial score (nSPS) is 35.6. The molecule has 4 amide bonds. The zero-order chi connectivity index (χ0) is 26.5. The number of benzene rings is 1. The van der Waals surface area contributed by atoms with Crippen molar-refractivity contribution in [2.75, 3.05) is 12.6 Å². The summed E-state index contributed by atoms with van der Waals surface area (Å²) >= 11 is 24.2. The first-order valence-corrected chi connectivity index (χ1v) is 14.1. The lowest BCUT2D eigenvalue weighted by atomic mass is 9.56. The van der Waals surface area contributed by atoms with E-state index in [-0.39, 0.29) is 39.3 Å². The third-order valence-corrected chi connectivity index (χ3v) is 11.8. The highest BCUT2D eigenvalue weighted by atomic mass is 79.9. The maximum atomic E-state index is 13.7. The van der Waals surface area contributed by atoms with Crippen molar-refractivity contribution in [3.05, 3.63) is 32.2 Å². The summed E-state index contributed by atoms with van der Waals surface area (Å²) < 4.78 is 5.87. The second kappa shape index (κ2) is 8.67. The molecule has 6 unspecified atom stereocenters. The van der Waals surface area contributed by atoms with Gasteiger partial charge in [0.1, 0.15) is 0 Å². The van der Waals surface area contributed by atoms with E-state index in [0.29, 0.717) is 15.6 Å². The third-order valence-electron chi connectivity index (χ3n) is 7.70. The molecule has 3 fully saturated rings. The van der Waals surface area contributed by atoms with Crippen LogP contribution in [0.5, 0.6) is 11.5 Å². The topological polar surface area (TPSA) is 124 Å². The molecular formula is C22H17Br3Cl2N2O7. The number of phenols is 1. The standard InChI is InChI=1S/C22H17Br3Cl2N2O7/c1-36-11-4-9(14(24)15(25)16(11)30)13-7-2-3-8-12(18(32)29(35)17(8)31)10(7)5-21(26)19(33)28(6-23)20(34)22(13,21)27/h2,4,8,10,12-13,30,35H,3,5-6H2,1H3. The van der Waals surface area contributed by atoms with Gasteiger partial charge in [0.15, 0.2) is 21.2 Å². The number of hydrogen-bond acceptors (Lipinski definition) is 7. The Labute approximate surface area is 240 Å². The Kier molecular flexibility index (Phi) is 6.36. The Hall–Kier alpha value is -1.18. The largest absolute Gasteiger partial charge is 0.503 e. The van der Waals surface area contributed by atoms with E-state index in [1.807, 2.05) is 0 Å². The van der Waals surface area contributed by atoms with E-state index < -0.39 is 57.0 Å². The second-order valence-corrected chi connectivity index (χ2v) is 12.4. The Bertz CT molecular complexity index is 1290. The van der Waals surface area contributed by atoms with Gasteiger partial charge in [0, 0.05) is 10.4 Å². The fourth-order valence-electron chi connectivity index (χ4n) is 6.06. The summed E-state index contributed by atoms with van der Waals surface area (Å²) in [7, 11) is 1.35. The molecule has 5 rings (SSSR count). The van der Waals surface area contributed by atoms with Gasteiger partial charge in [0.2, 0.25) is 0 Å². The average molecular weight is 732 g/mol. The van der Waals surface area contributed by atoms with Crippen LogP contribution in [0.4, 0.5) is 0 Å². The molecule has 4 aliphatic rings. The summed E-state index contributed by atoms with van der Waals surface area (Å²) in [6, 6.07) is 1.49. The van der Waals surface area contributed by atoms with Crippen molar-refractivity contribution >= 4 is 94.6 Å². The lowest BCUT2D eigenvalue weighted by Crippen LogP contribution is -2.60. The van der Waals surface area contributed by atoms with Crippen LogP contribution in [0.2, 0.25) is 0 Å². The molecule has 1 saturated carbocycles. The molecule has 0 spiro atoms. The maximum absolute atomic E-state index is 13.7. The van der Waals surface area contributed by atoms with Gasteiger partial charge in [0.25, 0.3) is 23.6 Å². The molecule has 14 heteroatoms. The van der Waals surface area contributed by atoms with E-state index >= 15 is 0 Å². The van der Waals surface area contributed by atoms with E-state index in [4.69, 9.17) is 27.9 Å². The van der Waals surface area contributed by atoms with Gasteiger partial charge in [0.05, 0.1) is 28.9 Å². The number of imide groups is 2. The van der Waals surface area contributed by atoms with Gasteiger partial charge < -0.3 is 9.84 Å². The van der Waals surface area contributed by atoms with Crippen LogP contribution in [-0.2, 0) is 19.2 Å². The molecule has 0 radical (unpaired) electrons. The number of alkyl halides is 3. The number of fused-ring (bicyclic) bond motifs is 4. The van der Waals surface area contributed by atoms with Crippen molar-refractivity contribution in [3.63, 3.8) is 0 Å². The zero-order valence-electron chi connectivity index (χ0n) is 18.3. The number of halogens is 5. The first-order chi connectivity index (χ1) is 16.9. The quantitative estimate of drug-likeness (QED) is 0.158. The minimum Gasteiger partial charge on any atom is -0.503 e. The van der Waals surface area contributed by atoms with Crippen LogP contribution < -0.4 is 4.74 Å². The first-order valence-electron chi connectivity index (χ1n) is 10.7. The fraction of sp³-hybridized carbons (Fsp3) is 0.455. The van der Waals surface area contributed by atoms with Crippen LogP contribution >= 0.6 is 71.0 Å². The van der Waals surface area contributed by atoms with Gasteiger partial charge >= 0.3 is 0 Å². The highest BCUT2D eigenvalue weighted by molar-refractivity contribution is 9.13. The number of ether oxygens (including phenoxy) is 1. The molecular weight excluding hydrogens is 715 g/mol. The zero-order valence-corrected chi connectivity index (χ0v) is 24.6. The lowest BCUT2D eigenvalue weighted by Gasteiger charge is -2.51. The summed E-state index contributed by atoms with van der Waals surface area (Å²) in [6.45, 7) is 0. The van der Waals surface area contributed by atoms with Crippen molar-refractivity contribution in [2.45, 2.75) is 28.5 Å². The lowest BCUT2D eigenvalue weighted by molar-refractivity contribution is -0.173. The number of allylic oxidation sites excluding steroid dienone is 2. The van der Waals surface area contributed by atoms with Crippen molar-refractivity contribution in [1.82, 2.24) is 9.96 Å². The van der Waals surface area contributed by atoms with Gasteiger partial charge in [-0.25, -0.2) is 0 Å². The average Bonchev–Trinajstić information content (AvgIpc) is 3.16. The van der Waals surface area contributed by atoms with E-state index in [2.05, 4.69) is 47.8 Å². The Morgan fingerprint density at radius 2 is 1.78 bits per heavy atom. The minimum absolute atomic E-state index is 0.0692. The molecule has 1 aromatic rings. The number of hydrogen-bond donors (Lipinski definition) is 2. The monoisotopic (exact) mass is 728 g/mol. The molecule has 2 heterocycles. The molecule has 2 N–H and O–H groups in total. The fourth-order valence-corrected chi connectivity index (χ4v) is 8.43. The van der Waals surface area contributed by atoms with Crippen LogP contribution in [0.15, 0.2) is 26.7 Å². The van der Waals surface area contributed by atoms with Gasteiger partial charge in [-0.15, -0.1) is 23.2 Å².